The van der Waals surface area contributed by atoms with Crippen molar-refractivity contribution in [2.45, 2.75) is 13.8 Å². The SMILES string of the molecule is Cc1ncnc(C)c1-c1ccc(Oc2ncnn3cccc23)cc1Cl. The Morgan fingerprint density at radius 3 is 2.56 bits per heavy atom. The number of hydrogen-bond acceptors (Lipinski definition) is 5. The smallest absolute Gasteiger partial charge is 0.247 e. The number of fused-ring (bicyclic) bond motifs is 1. The van der Waals surface area contributed by atoms with Gasteiger partial charge in [-0.1, -0.05) is 11.6 Å². The van der Waals surface area contributed by atoms with Gasteiger partial charge in [0.05, 0.1) is 5.02 Å². The van der Waals surface area contributed by atoms with E-state index in [4.69, 9.17) is 16.3 Å². The molecule has 7 heteroatoms. The molecule has 3 aromatic heterocycles. The Kier molecular flexibility index (Phi) is 3.82. The molecule has 0 spiro atoms. The van der Waals surface area contributed by atoms with Gasteiger partial charge in [0.1, 0.15) is 23.9 Å². The van der Waals surface area contributed by atoms with E-state index in [0.29, 0.717) is 16.7 Å². The molecule has 0 N–H and O–H groups in total. The maximum Gasteiger partial charge on any atom is 0.247 e. The van der Waals surface area contributed by atoms with E-state index in [2.05, 4.69) is 20.1 Å². The van der Waals surface area contributed by atoms with Crippen molar-refractivity contribution in [1.82, 2.24) is 24.6 Å². The third-order valence-electron chi connectivity index (χ3n) is 3.95. The van der Waals surface area contributed by atoms with Crippen LogP contribution in [0.2, 0.25) is 5.02 Å². The number of hydrogen-bond donors (Lipinski definition) is 0. The first-order valence-corrected chi connectivity index (χ1v) is 8.05. The molecule has 0 fully saturated rings. The molecule has 4 rings (SSSR count). The Morgan fingerprint density at radius 2 is 1.80 bits per heavy atom. The molecule has 0 atom stereocenters. The molecule has 0 radical (unpaired) electrons. The summed E-state index contributed by atoms with van der Waals surface area (Å²) in [4.78, 5) is 12.7. The highest BCUT2D eigenvalue weighted by Gasteiger charge is 2.13. The summed E-state index contributed by atoms with van der Waals surface area (Å²) < 4.78 is 7.60. The van der Waals surface area contributed by atoms with Crippen molar-refractivity contribution >= 4 is 17.1 Å². The fourth-order valence-electron chi connectivity index (χ4n) is 2.78. The molecule has 0 aliphatic heterocycles. The largest absolute Gasteiger partial charge is 0.437 e. The van der Waals surface area contributed by atoms with Gasteiger partial charge in [0.25, 0.3) is 0 Å². The lowest BCUT2D eigenvalue weighted by molar-refractivity contribution is 0.463. The first-order chi connectivity index (χ1) is 12.1. The van der Waals surface area contributed by atoms with Crippen molar-refractivity contribution in [3.63, 3.8) is 0 Å². The van der Waals surface area contributed by atoms with Crippen LogP contribution in [0, 0.1) is 13.8 Å². The summed E-state index contributed by atoms with van der Waals surface area (Å²) in [5.41, 5.74) is 4.36. The molecular weight excluding hydrogens is 338 g/mol. The fourth-order valence-corrected chi connectivity index (χ4v) is 3.04. The van der Waals surface area contributed by atoms with Gasteiger partial charge in [0, 0.05) is 34.8 Å². The predicted molar refractivity (Wildman–Crippen MR) is 95.0 cm³/mol. The summed E-state index contributed by atoms with van der Waals surface area (Å²) in [6.07, 6.45) is 4.84. The normalized spacial score (nSPS) is 11.0. The van der Waals surface area contributed by atoms with Crippen LogP contribution in [0.1, 0.15) is 11.4 Å². The van der Waals surface area contributed by atoms with Crippen LogP contribution in [0.25, 0.3) is 16.6 Å². The monoisotopic (exact) mass is 351 g/mol. The van der Waals surface area contributed by atoms with Crippen LogP contribution < -0.4 is 4.74 Å². The summed E-state index contributed by atoms with van der Waals surface area (Å²) in [7, 11) is 0. The lowest BCUT2D eigenvalue weighted by atomic mass is 10.0. The van der Waals surface area contributed by atoms with Crippen LogP contribution in [0.3, 0.4) is 0 Å². The minimum atomic E-state index is 0.472. The molecule has 0 amide bonds. The summed E-state index contributed by atoms with van der Waals surface area (Å²) in [5, 5.41) is 4.69. The third kappa shape index (κ3) is 2.81. The van der Waals surface area contributed by atoms with Gasteiger partial charge in [-0.3, -0.25) is 0 Å². The quantitative estimate of drug-likeness (QED) is 0.552. The number of aryl methyl sites for hydroxylation is 2. The summed E-state index contributed by atoms with van der Waals surface area (Å²) >= 11 is 6.50. The zero-order chi connectivity index (χ0) is 17.4. The van der Waals surface area contributed by atoms with Crippen LogP contribution in [-0.4, -0.2) is 24.6 Å². The highest BCUT2D eigenvalue weighted by atomic mass is 35.5. The lowest BCUT2D eigenvalue weighted by Gasteiger charge is -2.12. The summed E-state index contributed by atoms with van der Waals surface area (Å²) in [6.45, 7) is 3.88. The maximum absolute atomic E-state index is 6.50. The van der Waals surface area contributed by atoms with Crippen LogP contribution in [0.4, 0.5) is 0 Å². The van der Waals surface area contributed by atoms with Crippen molar-refractivity contribution in [2.75, 3.05) is 0 Å². The van der Waals surface area contributed by atoms with E-state index in [0.717, 1.165) is 28.0 Å². The standard InChI is InChI=1S/C18H14ClN5O/c1-11-17(12(2)21-9-20-11)14-6-5-13(8-15(14)19)25-18-16-4-3-7-24(16)23-10-22-18/h3-10H,1-2H3. The Bertz CT molecular complexity index is 1060. The van der Waals surface area contributed by atoms with E-state index in [9.17, 15) is 0 Å². The third-order valence-corrected chi connectivity index (χ3v) is 4.26. The van der Waals surface area contributed by atoms with Gasteiger partial charge < -0.3 is 4.74 Å². The number of ether oxygens (including phenoxy) is 1. The van der Waals surface area contributed by atoms with Gasteiger partial charge in [-0.2, -0.15) is 10.1 Å². The topological polar surface area (TPSA) is 65.2 Å². The summed E-state index contributed by atoms with van der Waals surface area (Å²) in [5.74, 6) is 1.07. The average Bonchev–Trinajstić information content (AvgIpc) is 3.06. The van der Waals surface area contributed by atoms with Gasteiger partial charge in [-0.05, 0) is 38.1 Å². The van der Waals surface area contributed by atoms with Crippen molar-refractivity contribution < 1.29 is 4.74 Å². The zero-order valence-corrected chi connectivity index (χ0v) is 14.4. The molecular formula is C18H14ClN5O. The van der Waals surface area contributed by atoms with Crippen molar-refractivity contribution in [1.29, 1.82) is 0 Å². The van der Waals surface area contributed by atoms with E-state index >= 15 is 0 Å². The molecule has 1 aromatic carbocycles. The molecule has 0 saturated carbocycles. The number of nitrogens with zero attached hydrogens (tertiary/aromatic N) is 5. The van der Waals surface area contributed by atoms with Gasteiger partial charge in [0.2, 0.25) is 5.88 Å². The highest BCUT2D eigenvalue weighted by molar-refractivity contribution is 6.33. The number of benzene rings is 1. The zero-order valence-electron chi connectivity index (χ0n) is 13.6. The van der Waals surface area contributed by atoms with Gasteiger partial charge in [0.15, 0.2) is 0 Å². The van der Waals surface area contributed by atoms with Crippen molar-refractivity contribution in [3.05, 3.63) is 65.6 Å². The lowest BCUT2D eigenvalue weighted by Crippen LogP contribution is -1.97. The second-order valence-electron chi connectivity index (χ2n) is 5.57. The molecule has 0 unspecified atom stereocenters. The fraction of sp³-hybridized carbons (Fsp3) is 0.111. The van der Waals surface area contributed by atoms with E-state index in [1.807, 2.05) is 44.3 Å². The summed E-state index contributed by atoms with van der Waals surface area (Å²) in [6, 6.07) is 9.30. The second-order valence-corrected chi connectivity index (χ2v) is 5.97. The Balaban J connectivity index is 1.72. The Morgan fingerprint density at radius 1 is 1.00 bits per heavy atom. The molecule has 0 bridgehead atoms. The van der Waals surface area contributed by atoms with E-state index in [-0.39, 0.29) is 0 Å². The second kappa shape index (κ2) is 6.14. The minimum Gasteiger partial charge on any atom is -0.437 e. The van der Waals surface area contributed by atoms with Crippen molar-refractivity contribution in [3.8, 4) is 22.8 Å². The van der Waals surface area contributed by atoms with E-state index < -0.39 is 0 Å². The molecule has 124 valence electrons. The molecule has 3 heterocycles. The van der Waals surface area contributed by atoms with Crippen LogP contribution in [-0.2, 0) is 0 Å². The molecule has 0 aliphatic rings. The van der Waals surface area contributed by atoms with Gasteiger partial charge in [-0.15, -0.1) is 0 Å². The molecule has 4 aromatic rings. The molecule has 0 aliphatic carbocycles. The maximum atomic E-state index is 6.50. The first-order valence-electron chi connectivity index (χ1n) is 7.68. The average molecular weight is 352 g/mol. The van der Waals surface area contributed by atoms with Crippen LogP contribution >= 0.6 is 11.6 Å². The number of halogens is 1. The predicted octanol–water partition coefficient (Wildman–Crippen LogP) is 4.25. The van der Waals surface area contributed by atoms with Gasteiger partial charge in [-0.25, -0.2) is 14.5 Å². The number of aromatic nitrogens is 5. The molecule has 0 saturated heterocycles. The van der Waals surface area contributed by atoms with Crippen LogP contribution in [0.5, 0.6) is 11.6 Å². The minimum absolute atomic E-state index is 0.472. The first kappa shape index (κ1) is 15.5. The van der Waals surface area contributed by atoms with E-state index in [1.54, 1.807) is 16.9 Å². The Hall–Kier alpha value is -2.99. The number of rotatable bonds is 3. The molecule has 6 nitrogen and oxygen atoms in total. The van der Waals surface area contributed by atoms with Crippen molar-refractivity contribution in [2.24, 2.45) is 0 Å². The van der Waals surface area contributed by atoms with Gasteiger partial charge >= 0.3 is 0 Å². The molecule has 25 heavy (non-hydrogen) atoms. The van der Waals surface area contributed by atoms with E-state index in [1.165, 1.54) is 6.33 Å². The Labute approximate surface area is 149 Å². The highest BCUT2D eigenvalue weighted by Crippen LogP contribution is 2.35. The van der Waals surface area contributed by atoms with Crippen LogP contribution in [0.15, 0.2) is 49.2 Å².